The van der Waals surface area contributed by atoms with Gasteiger partial charge in [-0.25, -0.2) is 0 Å². The fourth-order valence-electron chi connectivity index (χ4n) is 3.35. The van der Waals surface area contributed by atoms with Crippen LogP contribution in [0.3, 0.4) is 0 Å². The third-order valence-corrected chi connectivity index (χ3v) is 4.72. The van der Waals surface area contributed by atoms with E-state index in [9.17, 15) is 0 Å². The molecular formula is C20H21N3O. The number of benzene rings is 1. The third-order valence-electron chi connectivity index (χ3n) is 4.72. The SMILES string of the molecule is c1ccc2c(N3CCC(COc4ccncc4)CC3)ccnc2c1. The van der Waals surface area contributed by atoms with E-state index in [-0.39, 0.29) is 0 Å². The van der Waals surface area contributed by atoms with Crippen molar-refractivity contribution in [1.29, 1.82) is 0 Å². The van der Waals surface area contributed by atoms with Gasteiger partial charge in [-0.05, 0) is 43.0 Å². The molecule has 24 heavy (non-hydrogen) atoms. The van der Waals surface area contributed by atoms with Gasteiger partial charge in [0.05, 0.1) is 12.1 Å². The molecule has 1 aliphatic rings. The molecular weight excluding hydrogens is 298 g/mol. The highest BCUT2D eigenvalue weighted by Gasteiger charge is 2.21. The van der Waals surface area contributed by atoms with Crippen LogP contribution in [0.25, 0.3) is 10.9 Å². The number of ether oxygens (including phenoxy) is 1. The molecule has 122 valence electrons. The minimum Gasteiger partial charge on any atom is -0.493 e. The summed E-state index contributed by atoms with van der Waals surface area (Å²) in [5.74, 6) is 1.52. The maximum Gasteiger partial charge on any atom is 0.122 e. The topological polar surface area (TPSA) is 38.2 Å². The Balaban J connectivity index is 1.39. The van der Waals surface area contributed by atoms with Gasteiger partial charge in [0.25, 0.3) is 0 Å². The van der Waals surface area contributed by atoms with Gasteiger partial charge in [-0.15, -0.1) is 0 Å². The first-order chi connectivity index (χ1) is 11.9. The van der Waals surface area contributed by atoms with Crippen molar-refractivity contribution >= 4 is 16.6 Å². The average Bonchev–Trinajstić information content (AvgIpc) is 2.67. The van der Waals surface area contributed by atoms with Crippen molar-refractivity contribution in [2.75, 3.05) is 24.6 Å². The maximum atomic E-state index is 5.89. The van der Waals surface area contributed by atoms with Crippen molar-refractivity contribution in [3.63, 3.8) is 0 Å². The highest BCUT2D eigenvalue weighted by molar-refractivity contribution is 5.91. The number of anilines is 1. The lowest BCUT2D eigenvalue weighted by Crippen LogP contribution is -2.35. The van der Waals surface area contributed by atoms with Gasteiger partial charge in [0.2, 0.25) is 0 Å². The Morgan fingerprint density at radius 1 is 0.958 bits per heavy atom. The molecule has 0 N–H and O–H groups in total. The van der Waals surface area contributed by atoms with Gasteiger partial charge in [-0.1, -0.05) is 18.2 Å². The van der Waals surface area contributed by atoms with Crippen LogP contribution in [0.4, 0.5) is 5.69 Å². The summed E-state index contributed by atoms with van der Waals surface area (Å²) in [5.41, 5.74) is 2.37. The Kier molecular flexibility index (Phi) is 4.28. The van der Waals surface area contributed by atoms with E-state index in [0.29, 0.717) is 5.92 Å². The number of fused-ring (bicyclic) bond motifs is 1. The second kappa shape index (κ2) is 6.87. The normalized spacial score (nSPS) is 15.6. The molecule has 1 aliphatic heterocycles. The van der Waals surface area contributed by atoms with Gasteiger partial charge in [-0.2, -0.15) is 0 Å². The molecule has 0 aliphatic carbocycles. The largest absolute Gasteiger partial charge is 0.493 e. The predicted octanol–water partition coefficient (Wildman–Crippen LogP) is 3.93. The highest BCUT2D eigenvalue weighted by Crippen LogP contribution is 2.29. The summed E-state index contributed by atoms with van der Waals surface area (Å²) in [4.78, 5) is 11.0. The fourth-order valence-corrected chi connectivity index (χ4v) is 3.35. The Bertz CT molecular complexity index is 793. The van der Waals surface area contributed by atoms with E-state index in [1.54, 1.807) is 12.4 Å². The van der Waals surface area contributed by atoms with Crippen molar-refractivity contribution < 1.29 is 4.74 Å². The van der Waals surface area contributed by atoms with Gasteiger partial charge >= 0.3 is 0 Å². The number of hydrogen-bond donors (Lipinski definition) is 0. The highest BCUT2D eigenvalue weighted by atomic mass is 16.5. The number of rotatable bonds is 4. The molecule has 1 saturated heterocycles. The van der Waals surface area contributed by atoms with Crippen LogP contribution in [0.2, 0.25) is 0 Å². The number of para-hydroxylation sites is 1. The molecule has 4 nitrogen and oxygen atoms in total. The molecule has 0 spiro atoms. The standard InChI is InChI=1S/C20H21N3O/c1-2-4-19-18(3-1)20(7-12-22-19)23-13-8-16(9-14-23)15-24-17-5-10-21-11-6-17/h1-7,10-12,16H,8-9,13-15H2. The molecule has 4 rings (SSSR count). The van der Waals surface area contributed by atoms with Crippen molar-refractivity contribution in [2.24, 2.45) is 5.92 Å². The summed E-state index contributed by atoms with van der Waals surface area (Å²) < 4.78 is 5.89. The van der Waals surface area contributed by atoms with Gasteiger partial charge in [0.15, 0.2) is 0 Å². The molecule has 0 atom stereocenters. The van der Waals surface area contributed by atoms with Crippen LogP contribution < -0.4 is 9.64 Å². The number of aromatic nitrogens is 2. The lowest BCUT2D eigenvalue weighted by Gasteiger charge is -2.34. The van der Waals surface area contributed by atoms with E-state index in [0.717, 1.165) is 43.8 Å². The summed E-state index contributed by atoms with van der Waals surface area (Å²) >= 11 is 0. The van der Waals surface area contributed by atoms with Crippen LogP contribution >= 0.6 is 0 Å². The first kappa shape index (κ1) is 14.9. The Labute approximate surface area is 142 Å². The van der Waals surface area contributed by atoms with E-state index in [4.69, 9.17) is 4.74 Å². The molecule has 0 amide bonds. The van der Waals surface area contributed by atoms with Gasteiger partial charge in [-0.3, -0.25) is 9.97 Å². The zero-order valence-electron chi connectivity index (χ0n) is 13.6. The van der Waals surface area contributed by atoms with Crippen molar-refractivity contribution in [1.82, 2.24) is 9.97 Å². The smallest absolute Gasteiger partial charge is 0.122 e. The Hall–Kier alpha value is -2.62. The van der Waals surface area contributed by atoms with Crippen LogP contribution in [0.5, 0.6) is 5.75 Å². The minimum absolute atomic E-state index is 0.613. The van der Waals surface area contributed by atoms with Crippen LogP contribution in [0.15, 0.2) is 61.1 Å². The lowest BCUT2D eigenvalue weighted by molar-refractivity contribution is 0.223. The molecule has 1 aromatic carbocycles. The van der Waals surface area contributed by atoms with Crippen LogP contribution in [-0.4, -0.2) is 29.7 Å². The zero-order valence-corrected chi connectivity index (χ0v) is 13.6. The van der Waals surface area contributed by atoms with E-state index in [2.05, 4.69) is 39.1 Å². The summed E-state index contributed by atoms with van der Waals surface area (Å²) in [7, 11) is 0. The van der Waals surface area contributed by atoms with Crippen LogP contribution in [0, 0.1) is 5.92 Å². The molecule has 0 unspecified atom stereocenters. The van der Waals surface area contributed by atoms with E-state index in [1.807, 2.05) is 24.4 Å². The summed E-state index contributed by atoms with van der Waals surface area (Å²) in [6.07, 6.45) is 7.76. The van der Waals surface area contributed by atoms with Gasteiger partial charge < -0.3 is 9.64 Å². The second-order valence-electron chi connectivity index (χ2n) is 6.27. The summed E-state index contributed by atoms with van der Waals surface area (Å²) in [6.45, 7) is 2.92. The van der Waals surface area contributed by atoms with Crippen molar-refractivity contribution in [2.45, 2.75) is 12.8 Å². The molecule has 4 heteroatoms. The number of pyridine rings is 2. The van der Waals surface area contributed by atoms with Gasteiger partial charge in [0.1, 0.15) is 5.75 Å². The van der Waals surface area contributed by atoms with E-state index < -0.39 is 0 Å². The number of nitrogens with zero attached hydrogens (tertiary/aromatic N) is 3. The Morgan fingerprint density at radius 2 is 1.75 bits per heavy atom. The predicted molar refractivity (Wildman–Crippen MR) is 96.4 cm³/mol. The quantitative estimate of drug-likeness (QED) is 0.730. The first-order valence-corrected chi connectivity index (χ1v) is 8.52. The van der Waals surface area contributed by atoms with Gasteiger partial charge in [0, 0.05) is 42.8 Å². The average molecular weight is 319 g/mol. The third kappa shape index (κ3) is 3.18. The monoisotopic (exact) mass is 319 g/mol. The van der Waals surface area contributed by atoms with E-state index in [1.165, 1.54) is 11.1 Å². The minimum atomic E-state index is 0.613. The summed E-state index contributed by atoms with van der Waals surface area (Å²) in [5, 5.41) is 1.24. The maximum absolute atomic E-state index is 5.89. The lowest BCUT2D eigenvalue weighted by atomic mass is 9.97. The van der Waals surface area contributed by atoms with Crippen molar-refractivity contribution in [3.05, 3.63) is 61.1 Å². The van der Waals surface area contributed by atoms with E-state index >= 15 is 0 Å². The second-order valence-corrected chi connectivity index (χ2v) is 6.27. The first-order valence-electron chi connectivity index (χ1n) is 8.52. The molecule has 1 fully saturated rings. The zero-order chi connectivity index (χ0) is 16.2. The number of hydrogen-bond acceptors (Lipinski definition) is 4. The molecule has 3 aromatic rings. The molecule has 0 bridgehead atoms. The summed E-state index contributed by atoms with van der Waals surface area (Å²) in [6, 6.07) is 14.3. The number of piperidine rings is 1. The molecule has 0 radical (unpaired) electrons. The molecule has 2 aromatic heterocycles. The molecule has 0 saturated carbocycles. The molecule has 3 heterocycles. The van der Waals surface area contributed by atoms with Crippen LogP contribution in [0.1, 0.15) is 12.8 Å². The fraction of sp³-hybridized carbons (Fsp3) is 0.300. The Morgan fingerprint density at radius 3 is 2.58 bits per heavy atom. The van der Waals surface area contributed by atoms with Crippen LogP contribution in [-0.2, 0) is 0 Å². The van der Waals surface area contributed by atoms with Crippen molar-refractivity contribution in [3.8, 4) is 5.75 Å².